The Balaban J connectivity index is 2.03. The second-order valence-corrected chi connectivity index (χ2v) is 5.33. The maximum atomic E-state index is 13.2. The van der Waals surface area contributed by atoms with Gasteiger partial charge in [0.25, 0.3) is 0 Å². The van der Waals surface area contributed by atoms with E-state index in [0.29, 0.717) is 12.0 Å². The summed E-state index contributed by atoms with van der Waals surface area (Å²) in [5, 5.41) is 12.2. The summed E-state index contributed by atoms with van der Waals surface area (Å²) in [6.45, 7) is 5.05. The van der Waals surface area contributed by atoms with Crippen LogP contribution in [0.2, 0.25) is 0 Å². The summed E-state index contributed by atoms with van der Waals surface area (Å²) in [4.78, 5) is 0. The van der Waals surface area contributed by atoms with Gasteiger partial charge < -0.3 is 10.1 Å². The van der Waals surface area contributed by atoms with Crippen LogP contribution in [0.4, 0.5) is 10.1 Å². The highest BCUT2D eigenvalue weighted by Gasteiger charge is 2.24. The van der Waals surface area contributed by atoms with Crippen LogP contribution in [0.25, 0.3) is 0 Å². The summed E-state index contributed by atoms with van der Waals surface area (Å²) < 4.78 is 19.0. The highest BCUT2D eigenvalue weighted by Crippen LogP contribution is 2.24. The average molecular weight is 262 g/mol. The quantitative estimate of drug-likeness (QED) is 0.909. The fraction of sp³-hybridized carbons (Fsp3) is 0.533. The first-order chi connectivity index (χ1) is 9.10. The number of hydrogen-bond donors (Lipinski definition) is 1. The zero-order chi connectivity index (χ0) is 13.8. The maximum Gasteiger partial charge on any atom is 0.141 e. The third-order valence-corrected chi connectivity index (χ3v) is 3.52. The molecule has 1 aliphatic rings. The van der Waals surface area contributed by atoms with Crippen LogP contribution in [-0.2, 0) is 4.74 Å². The van der Waals surface area contributed by atoms with Gasteiger partial charge in [0.1, 0.15) is 11.9 Å². The van der Waals surface area contributed by atoms with E-state index in [1.54, 1.807) is 12.1 Å². The van der Waals surface area contributed by atoms with Gasteiger partial charge in [-0.25, -0.2) is 4.39 Å². The number of ether oxygens (including phenoxy) is 1. The Morgan fingerprint density at radius 2 is 2.26 bits per heavy atom. The molecule has 1 aliphatic heterocycles. The molecule has 1 aromatic rings. The fourth-order valence-corrected chi connectivity index (χ4v) is 2.36. The molecular formula is C15H19FN2O. The van der Waals surface area contributed by atoms with Crippen molar-refractivity contribution in [3.63, 3.8) is 0 Å². The van der Waals surface area contributed by atoms with E-state index in [-0.39, 0.29) is 11.7 Å². The van der Waals surface area contributed by atoms with Crippen LogP contribution in [0, 0.1) is 23.1 Å². The molecule has 1 heterocycles. The minimum atomic E-state index is -0.472. The molecule has 0 spiro atoms. The van der Waals surface area contributed by atoms with Crippen molar-refractivity contribution < 1.29 is 9.13 Å². The Bertz CT molecular complexity index is 482. The minimum Gasteiger partial charge on any atom is -0.382 e. The molecule has 1 aromatic carbocycles. The van der Waals surface area contributed by atoms with Crippen molar-refractivity contribution in [2.75, 3.05) is 11.9 Å². The van der Waals surface area contributed by atoms with Crippen LogP contribution in [0.15, 0.2) is 18.2 Å². The second-order valence-electron chi connectivity index (χ2n) is 5.33. The SMILES string of the molecule is CC(C)C1CC(Nc2ccc(F)c(C#N)c2)CCO1. The molecule has 0 aliphatic carbocycles. The summed E-state index contributed by atoms with van der Waals surface area (Å²) >= 11 is 0. The Morgan fingerprint density at radius 3 is 2.95 bits per heavy atom. The molecule has 2 unspecified atom stereocenters. The van der Waals surface area contributed by atoms with Crippen molar-refractivity contribution in [3.05, 3.63) is 29.6 Å². The summed E-state index contributed by atoms with van der Waals surface area (Å²) in [6.07, 6.45) is 2.14. The first-order valence-electron chi connectivity index (χ1n) is 6.68. The summed E-state index contributed by atoms with van der Waals surface area (Å²) in [5.41, 5.74) is 0.879. The first-order valence-corrected chi connectivity index (χ1v) is 6.68. The number of rotatable bonds is 3. The van der Waals surface area contributed by atoms with Crippen LogP contribution in [0.3, 0.4) is 0 Å². The molecular weight excluding hydrogens is 243 g/mol. The fourth-order valence-electron chi connectivity index (χ4n) is 2.36. The third-order valence-electron chi connectivity index (χ3n) is 3.52. The first kappa shape index (κ1) is 13.8. The number of hydrogen-bond acceptors (Lipinski definition) is 3. The van der Waals surface area contributed by atoms with Crippen molar-refractivity contribution >= 4 is 5.69 Å². The second kappa shape index (κ2) is 6.03. The Hall–Kier alpha value is -1.60. The lowest BCUT2D eigenvalue weighted by Crippen LogP contribution is -2.36. The number of nitrogens with zero attached hydrogens (tertiary/aromatic N) is 1. The number of anilines is 1. The van der Waals surface area contributed by atoms with Gasteiger partial charge in [-0.3, -0.25) is 0 Å². The highest BCUT2D eigenvalue weighted by atomic mass is 19.1. The molecule has 0 aromatic heterocycles. The van der Waals surface area contributed by atoms with Crippen LogP contribution < -0.4 is 5.32 Å². The minimum absolute atomic E-state index is 0.0810. The summed E-state index contributed by atoms with van der Waals surface area (Å²) in [6, 6.07) is 6.75. The molecule has 1 N–H and O–H groups in total. The molecule has 0 radical (unpaired) electrons. The van der Waals surface area contributed by atoms with Gasteiger partial charge in [-0.15, -0.1) is 0 Å². The molecule has 102 valence electrons. The largest absolute Gasteiger partial charge is 0.382 e. The zero-order valence-corrected chi connectivity index (χ0v) is 11.3. The standard InChI is InChI=1S/C15H19FN2O/c1-10(2)15-8-13(5-6-19-15)18-12-3-4-14(16)11(7-12)9-17/h3-4,7,10,13,15,18H,5-6,8H2,1-2H3. The smallest absolute Gasteiger partial charge is 0.141 e. The van der Waals surface area contributed by atoms with Gasteiger partial charge >= 0.3 is 0 Å². The maximum absolute atomic E-state index is 13.2. The van der Waals surface area contributed by atoms with Gasteiger partial charge in [0.05, 0.1) is 11.7 Å². The molecule has 19 heavy (non-hydrogen) atoms. The van der Waals surface area contributed by atoms with Gasteiger partial charge in [0.2, 0.25) is 0 Å². The van der Waals surface area contributed by atoms with E-state index in [0.717, 1.165) is 25.1 Å². The van der Waals surface area contributed by atoms with Crippen LogP contribution in [0.5, 0.6) is 0 Å². The van der Waals surface area contributed by atoms with E-state index in [1.165, 1.54) is 6.07 Å². The lowest BCUT2D eigenvalue weighted by Gasteiger charge is -2.33. The predicted octanol–water partition coefficient (Wildman–Crippen LogP) is 3.31. The van der Waals surface area contributed by atoms with Crippen molar-refractivity contribution in [2.45, 2.75) is 38.8 Å². The van der Waals surface area contributed by atoms with E-state index in [2.05, 4.69) is 19.2 Å². The number of benzene rings is 1. The van der Waals surface area contributed by atoms with E-state index < -0.39 is 5.82 Å². The van der Waals surface area contributed by atoms with Gasteiger partial charge in [-0.05, 0) is 37.0 Å². The molecule has 3 nitrogen and oxygen atoms in total. The molecule has 1 saturated heterocycles. The van der Waals surface area contributed by atoms with Gasteiger partial charge in [0.15, 0.2) is 0 Å². The lowest BCUT2D eigenvalue weighted by atomic mass is 9.95. The average Bonchev–Trinajstić information content (AvgIpc) is 2.41. The van der Waals surface area contributed by atoms with Gasteiger partial charge in [-0.1, -0.05) is 13.8 Å². The Morgan fingerprint density at radius 1 is 1.47 bits per heavy atom. The molecule has 0 bridgehead atoms. The third kappa shape index (κ3) is 3.45. The predicted molar refractivity (Wildman–Crippen MR) is 72.3 cm³/mol. The Kier molecular flexibility index (Phi) is 4.39. The van der Waals surface area contributed by atoms with Crippen LogP contribution in [-0.4, -0.2) is 18.8 Å². The van der Waals surface area contributed by atoms with E-state index in [9.17, 15) is 4.39 Å². The highest BCUT2D eigenvalue weighted by molar-refractivity contribution is 5.50. The molecule has 2 rings (SSSR count). The zero-order valence-electron chi connectivity index (χ0n) is 11.3. The molecule has 0 amide bonds. The lowest BCUT2D eigenvalue weighted by molar-refractivity contribution is -0.0160. The van der Waals surface area contributed by atoms with Crippen molar-refractivity contribution in [1.29, 1.82) is 5.26 Å². The van der Waals surface area contributed by atoms with Gasteiger partial charge in [-0.2, -0.15) is 5.26 Å². The van der Waals surface area contributed by atoms with E-state index in [4.69, 9.17) is 10.00 Å². The van der Waals surface area contributed by atoms with E-state index >= 15 is 0 Å². The van der Waals surface area contributed by atoms with E-state index in [1.807, 2.05) is 6.07 Å². The van der Waals surface area contributed by atoms with Crippen molar-refractivity contribution in [3.8, 4) is 6.07 Å². The van der Waals surface area contributed by atoms with Crippen LogP contribution >= 0.6 is 0 Å². The number of nitriles is 1. The molecule has 0 saturated carbocycles. The monoisotopic (exact) mass is 262 g/mol. The van der Waals surface area contributed by atoms with Gasteiger partial charge in [0, 0.05) is 18.3 Å². The Labute approximate surface area is 113 Å². The summed E-state index contributed by atoms with van der Waals surface area (Å²) in [7, 11) is 0. The molecule has 4 heteroatoms. The normalized spacial score (nSPS) is 23.1. The van der Waals surface area contributed by atoms with Crippen molar-refractivity contribution in [2.24, 2.45) is 5.92 Å². The molecule has 2 atom stereocenters. The number of nitrogens with one attached hydrogen (secondary N) is 1. The van der Waals surface area contributed by atoms with Crippen molar-refractivity contribution in [1.82, 2.24) is 0 Å². The van der Waals surface area contributed by atoms with Crippen LogP contribution in [0.1, 0.15) is 32.3 Å². The summed E-state index contributed by atoms with van der Waals surface area (Å²) in [5.74, 6) is 0.0209. The molecule has 1 fully saturated rings. The topological polar surface area (TPSA) is 45.0 Å². The number of halogens is 1.